The molecule has 0 spiro atoms. The van der Waals surface area contributed by atoms with E-state index in [0.717, 1.165) is 33.0 Å². The lowest BCUT2D eigenvalue weighted by molar-refractivity contribution is 0.197. The number of hydrogen-bond acceptors (Lipinski definition) is 8. The van der Waals surface area contributed by atoms with E-state index in [4.69, 9.17) is 28.4 Å². The van der Waals surface area contributed by atoms with Gasteiger partial charge in [-0.25, -0.2) is 0 Å². The van der Waals surface area contributed by atoms with Crippen LogP contribution in [-0.2, 0) is 26.1 Å². The van der Waals surface area contributed by atoms with E-state index in [1.807, 2.05) is 84.9 Å². The normalized spacial score (nSPS) is 12.2. The highest BCUT2D eigenvalue weighted by molar-refractivity contribution is 6.08. The fourth-order valence-corrected chi connectivity index (χ4v) is 7.50. The minimum atomic E-state index is -0.827. The van der Waals surface area contributed by atoms with Crippen molar-refractivity contribution in [1.29, 1.82) is 0 Å². The molecule has 6 aromatic rings. The molecular formula is C48H50O8. The summed E-state index contributed by atoms with van der Waals surface area (Å²) in [5.74, 6) is 3.07. The van der Waals surface area contributed by atoms with Crippen molar-refractivity contribution in [3.8, 4) is 45.6 Å². The van der Waals surface area contributed by atoms with Gasteiger partial charge in [0.25, 0.3) is 0 Å². The van der Waals surface area contributed by atoms with Gasteiger partial charge in [0.05, 0.1) is 51.8 Å². The van der Waals surface area contributed by atoms with Gasteiger partial charge in [0.2, 0.25) is 0 Å². The van der Waals surface area contributed by atoms with Crippen LogP contribution in [0.4, 0.5) is 0 Å². The molecule has 0 radical (unpaired) electrons. The number of fused-ring (bicyclic) bond motifs is 2. The number of methoxy groups -OCH3 is 4. The Morgan fingerprint density at radius 2 is 0.875 bits per heavy atom. The lowest BCUT2D eigenvalue weighted by Crippen LogP contribution is -2.07. The van der Waals surface area contributed by atoms with Gasteiger partial charge >= 0.3 is 0 Å². The molecular weight excluding hydrogens is 705 g/mol. The molecule has 0 fully saturated rings. The molecule has 8 heteroatoms. The van der Waals surface area contributed by atoms with Crippen molar-refractivity contribution in [2.75, 3.05) is 28.4 Å². The zero-order chi connectivity index (χ0) is 39.9. The number of aliphatic hydroxyl groups is 2. The fourth-order valence-electron chi connectivity index (χ4n) is 7.50. The summed E-state index contributed by atoms with van der Waals surface area (Å²) in [6.45, 7) is 12.1. The van der Waals surface area contributed by atoms with Crippen molar-refractivity contribution < 1.29 is 38.6 Å². The van der Waals surface area contributed by atoms with E-state index in [9.17, 15) is 10.2 Å². The van der Waals surface area contributed by atoms with Crippen LogP contribution in [0, 0.1) is 0 Å². The molecule has 0 aromatic heterocycles. The first-order valence-corrected chi connectivity index (χ1v) is 18.6. The van der Waals surface area contributed by atoms with Gasteiger partial charge in [-0.05, 0) is 73.2 Å². The van der Waals surface area contributed by atoms with Crippen LogP contribution in [0.1, 0.15) is 59.4 Å². The number of allylic oxidation sites excluding steroid dienone is 2. The highest BCUT2D eigenvalue weighted by atomic mass is 16.5. The van der Waals surface area contributed by atoms with Crippen LogP contribution in [0.5, 0.6) is 34.5 Å². The first kappa shape index (κ1) is 39.7. The lowest BCUT2D eigenvalue weighted by Gasteiger charge is -2.26. The summed E-state index contributed by atoms with van der Waals surface area (Å²) in [7, 11) is 6.41. The molecule has 0 amide bonds. The molecule has 6 rings (SSSR count). The Hall–Kier alpha value is -5.96. The number of aliphatic hydroxyl groups excluding tert-OH is 2. The molecule has 290 valence electrons. The molecule has 8 nitrogen and oxygen atoms in total. The zero-order valence-electron chi connectivity index (χ0n) is 33.0. The molecule has 0 aliphatic rings. The van der Waals surface area contributed by atoms with E-state index in [1.54, 1.807) is 54.4 Å². The molecule has 0 heterocycles. The van der Waals surface area contributed by atoms with Gasteiger partial charge in [-0.2, -0.15) is 0 Å². The second-order valence-electron chi connectivity index (χ2n) is 13.6. The summed E-state index contributed by atoms with van der Waals surface area (Å²) in [6.07, 6.45) is 2.88. The maximum atomic E-state index is 11.2. The lowest BCUT2D eigenvalue weighted by atomic mass is 9.88. The Bertz CT molecular complexity index is 2180. The minimum Gasteiger partial charge on any atom is -0.496 e. The molecule has 56 heavy (non-hydrogen) atoms. The number of benzene rings is 6. The van der Waals surface area contributed by atoms with Crippen LogP contribution in [0.2, 0.25) is 0 Å². The molecule has 0 saturated heterocycles. The standard InChI is InChI=1S/C48H50O8/c1-9-17-33-35(29(3)49)23-37-39(45(33)55-27-31-19-13-11-14-20-31)25-41(51-5)43(47(37)53-7)44-42(52-6)26-40-38(48(44)54-8)24-36(30(4)50)34(18-10-2)46(40)56-28-32-21-15-12-16-22-32/h9-16,19-26,29-30,49-50H,1-2,17-18,27-28H2,3-8H3. The summed E-state index contributed by atoms with van der Waals surface area (Å²) in [6, 6.07) is 27.6. The average Bonchev–Trinajstić information content (AvgIpc) is 3.21. The van der Waals surface area contributed by atoms with Gasteiger partial charge in [-0.3, -0.25) is 0 Å². The molecule has 0 aliphatic heterocycles. The Morgan fingerprint density at radius 3 is 1.18 bits per heavy atom. The molecule has 2 N–H and O–H groups in total. The highest BCUT2D eigenvalue weighted by Crippen LogP contribution is 2.56. The topological polar surface area (TPSA) is 95.8 Å². The Morgan fingerprint density at radius 1 is 0.518 bits per heavy atom. The average molecular weight is 755 g/mol. The molecule has 2 atom stereocenters. The van der Waals surface area contributed by atoms with Crippen LogP contribution in [0.15, 0.2) is 110 Å². The summed E-state index contributed by atoms with van der Waals surface area (Å²) < 4.78 is 38.3. The summed E-state index contributed by atoms with van der Waals surface area (Å²) >= 11 is 0. The van der Waals surface area contributed by atoms with E-state index in [0.29, 0.717) is 93.6 Å². The third-order valence-corrected chi connectivity index (χ3v) is 10.0. The minimum absolute atomic E-state index is 0.302. The smallest absolute Gasteiger partial charge is 0.138 e. The third kappa shape index (κ3) is 7.63. The monoisotopic (exact) mass is 754 g/mol. The number of hydrogen-bond donors (Lipinski definition) is 2. The molecule has 0 aliphatic carbocycles. The van der Waals surface area contributed by atoms with Crippen LogP contribution in [-0.4, -0.2) is 38.7 Å². The number of rotatable bonds is 17. The fraction of sp³-hybridized carbons (Fsp3) is 0.250. The van der Waals surface area contributed by atoms with Crippen LogP contribution in [0.25, 0.3) is 32.7 Å². The molecule has 0 saturated carbocycles. The van der Waals surface area contributed by atoms with Crippen molar-refractivity contribution in [3.05, 3.63) is 144 Å². The van der Waals surface area contributed by atoms with Gasteiger partial charge in [-0.1, -0.05) is 72.8 Å². The quantitative estimate of drug-likeness (QED) is 0.0889. The Balaban J connectivity index is 1.70. The molecule has 6 aromatic carbocycles. The number of ether oxygens (including phenoxy) is 6. The van der Waals surface area contributed by atoms with E-state index < -0.39 is 12.2 Å². The van der Waals surface area contributed by atoms with Crippen molar-refractivity contribution in [2.45, 2.75) is 52.1 Å². The Labute approximate surface area is 329 Å². The highest BCUT2D eigenvalue weighted by Gasteiger charge is 2.30. The molecule has 2 unspecified atom stereocenters. The van der Waals surface area contributed by atoms with E-state index in [2.05, 4.69) is 13.2 Å². The largest absolute Gasteiger partial charge is 0.496 e. The summed E-state index contributed by atoms with van der Waals surface area (Å²) in [5.41, 5.74) is 6.14. The van der Waals surface area contributed by atoms with Crippen LogP contribution in [0.3, 0.4) is 0 Å². The van der Waals surface area contributed by atoms with Gasteiger partial charge in [-0.15, -0.1) is 13.2 Å². The zero-order valence-corrected chi connectivity index (χ0v) is 33.0. The van der Waals surface area contributed by atoms with Gasteiger partial charge < -0.3 is 38.6 Å². The second kappa shape index (κ2) is 17.7. The van der Waals surface area contributed by atoms with Crippen LogP contribution >= 0.6 is 0 Å². The van der Waals surface area contributed by atoms with Crippen molar-refractivity contribution in [2.24, 2.45) is 0 Å². The third-order valence-electron chi connectivity index (χ3n) is 10.0. The predicted octanol–water partition coefficient (Wildman–Crippen LogP) is 10.4. The van der Waals surface area contributed by atoms with Crippen LogP contribution < -0.4 is 28.4 Å². The SMILES string of the molecule is C=CCc1c(C(C)O)cc2c(OC)c(-c3c(OC)cc4c(OCc5ccccc5)c(CC=C)c(C(C)O)cc4c3OC)c(OC)cc2c1OCc1ccccc1. The van der Waals surface area contributed by atoms with E-state index in [-0.39, 0.29) is 0 Å². The maximum absolute atomic E-state index is 11.2. The summed E-state index contributed by atoms with van der Waals surface area (Å²) in [4.78, 5) is 0. The second-order valence-corrected chi connectivity index (χ2v) is 13.6. The molecule has 0 bridgehead atoms. The van der Waals surface area contributed by atoms with E-state index >= 15 is 0 Å². The first-order chi connectivity index (χ1) is 27.2. The predicted molar refractivity (Wildman–Crippen MR) is 224 cm³/mol. The van der Waals surface area contributed by atoms with Gasteiger partial charge in [0.15, 0.2) is 0 Å². The van der Waals surface area contributed by atoms with Crippen molar-refractivity contribution >= 4 is 21.5 Å². The maximum Gasteiger partial charge on any atom is 0.138 e. The first-order valence-electron chi connectivity index (χ1n) is 18.6. The Kier molecular flexibility index (Phi) is 12.5. The van der Waals surface area contributed by atoms with Crippen molar-refractivity contribution in [3.63, 3.8) is 0 Å². The van der Waals surface area contributed by atoms with E-state index in [1.165, 1.54) is 0 Å². The summed E-state index contributed by atoms with van der Waals surface area (Å²) in [5, 5.41) is 25.2. The van der Waals surface area contributed by atoms with Gasteiger partial charge in [0.1, 0.15) is 47.7 Å². The van der Waals surface area contributed by atoms with Crippen molar-refractivity contribution in [1.82, 2.24) is 0 Å². The van der Waals surface area contributed by atoms with Gasteiger partial charge in [0, 0.05) is 32.7 Å².